The number of para-hydroxylation sites is 2. The number of nitrogens with one attached hydrogen (secondary N) is 1. The lowest BCUT2D eigenvalue weighted by Crippen LogP contribution is -2.67. The van der Waals surface area contributed by atoms with Crippen molar-refractivity contribution >= 4 is 23.3 Å². The molecule has 7 nitrogen and oxygen atoms in total. The van der Waals surface area contributed by atoms with E-state index in [0.29, 0.717) is 25.9 Å². The maximum Gasteiger partial charge on any atom is 0.322 e. The van der Waals surface area contributed by atoms with Crippen LogP contribution in [0.4, 0.5) is 16.2 Å². The number of anilines is 2. The van der Waals surface area contributed by atoms with Gasteiger partial charge in [0.2, 0.25) is 5.91 Å². The van der Waals surface area contributed by atoms with Gasteiger partial charge in [-0.25, -0.2) is 4.79 Å². The molecule has 1 atom stereocenters. The van der Waals surface area contributed by atoms with E-state index in [9.17, 15) is 19.8 Å². The van der Waals surface area contributed by atoms with Crippen LogP contribution in [0.15, 0.2) is 78.9 Å². The summed E-state index contributed by atoms with van der Waals surface area (Å²) < 4.78 is 0. The Kier molecular flexibility index (Phi) is 5.17. The molecule has 2 fully saturated rings. The monoisotopic (exact) mass is 443 g/mol. The van der Waals surface area contributed by atoms with Crippen LogP contribution in [-0.4, -0.2) is 40.1 Å². The van der Waals surface area contributed by atoms with Crippen LogP contribution in [-0.2, 0) is 4.79 Å². The van der Waals surface area contributed by atoms with Crippen LogP contribution in [0.1, 0.15) is 24.4 Å². The molecular weight excluding hydrogens is 418 g/mol. The van der Waals surface area contributed by atoms with Crippen molar-refractivity contribution < 1.29 is 19.8 Å². The Morgan fingerprint density at radius 2 is 1.42 bits per heavy atom. The van der Waals surface area contributed by atoms with Crippen molar-refractivity contribution in [1.82, 2.24) is 4.90 Å². The van der Waals surface area contributed by atoms with E-state index in [4.69, 9.17) is 0 Å². The Morgan fingerprint density at radius 3 is 2.03 bits per heavy atom. The molecule has 0 saturated carbocycles. The predicted octanol–water partition coefficient (Wildman–Crippen LogP) is 4.50. The fourth-order valence-electron chi connectivity index (χ4n) is 5.05. The van der Waals surface area contributed by atoms with Gasteiger partial charge in [-0.1, -0.05) is 54.6 Å². The van der Waals surface area contributed by atoms with Crippen LogP contribution in [0.3, 0.4) is 0 Å². The van der Waals surface area contributed by atoms with Crippen molar-refractivity contribution in [2.24, 2.45) is 5.41 Å². The summed E-state index contributed by atoms with van der Waals surface area (Å²) in [6, 6.07) is 23.5. The molecule has 0 bridgehead atoms. The number of β-lactam (4-membered cyclic amide) rings is 1. The number of amides is 3. The molecule has 2 heterocycles. The van der Waals surface area contributed by atoms with Crippen LogP contribution in [0.25, 0.3) is 0 Å². The molecule has 2 aliphatic rings. The van der Waals surface area contributed by atoms with E-state index in [0.717, 1.165) is 11.3 Å². The first-order chi connectivity index (χ1) is 16.0. The van der Waals surface area contributed by atoms with Gasteiger partial charge in [-0.05, 0) is 42.7 Å². The molecule has 0 aliphatic carbocycles. The highest BCUT2D eigenvalue weighted by molar-refractivity contribution is 6.06. The van der Waals surface area contributed by atoms with Crippen LogP contribution in [0.5, 0.6) is 11.5 Å². The quantitative estimate of drug-likeness (QED) is 0.410. The maximum atomic E-state index is 13.5. The van der Waals surface area contributed by atoms with Gasteiger partial charge in [0.1, 0.15) is 17.2 Å². The van der Waals surface area contributed by atoms with Gasteiger partial charge in [-0.15, -0.1) is 0 Å². The Bertz CT molecular complexity index is 1150. The van der Waals surface area contributed by atoms with Crippen LogP contribution >= 0.6 is 0 Å². The van der Waals surface area contributed by atoms with Crippen molar-refractivity contribution in [3.63, 3.8) is 0 Å². The molecule has 5 rings (SSSR count). The van der Waals surface area contributed by atoms with E-state index in [-0.39, 0.29) is 29.1 Å². The summed E-state index contributed by atoms with van der Waals surface area (Å²) in [4.78, 5) is 29.8. The number of hydrogen-bond acceptors (Lipinski definition) is 4. The molecule has 1 spiro atoms. The molecule has 7 heteroatoms. The lowest BCUT2D eigenvalue weighted by Gasteiger charge is -2.59. The second-order valence-corrected chi connectivity index (χ2v) is 8.57. The lowest BCUT2D eigenvalue weighted by molar-refractivity contribution is -0.144. The first kappa shape index (κ1) is 20.9. The van der Waals surface area contributed by atoms with E-state index >= 15 is 0 Å². The molecule has 3 aromatic carbocycles. The van der Waals surface area contributed by atoms with Gasteiger partial charge >= 0.3 is 6.03 Å². The number of nitrogens with zero attached hydrogens (tertiary/aromatic N) is 2. The molecule has 0 aromatic heterocycles. The van der Waals surface area contributed by atoms with Crippen LogP contribution in [0.2, 0.25) is 0 Å². The average molecular weight is 444 g/mol. The fourth-order valence-corrected chi connectivity index (χ4v) is 5.05. The standard InChI is InChI=1S/C26H25N3O4/c30-20-12-7-13-21(31)22(20)27-25(33)28-16-14-26(15-17-28)23(18-8-3-1-4-9-18)29(24(26)32)19-10-5-2-6-11-19/h1-13,23,30-31H,14-17H2,(H,27,33). The molecule has 3 aromatic rings. The minimum atomic E-state index is -0.564. The van der Waals surface area contributed by atoms with Gasteiger partial charge in [0.05, 0.1) is 11.5 Å². The highest BCUT2D eigenvalue weighted by Crippen LogP contribution is 2.57. The summed E-state index contributed by atoms with van der Waals surface area (Å²) in [7, 11) is 0. The SMILES string of the molecule is O=C(Nc1c(O)cccc1O)N1CCC2(CC1)C(=O)N(c1ccccc1)C2c1ccccc1. The number of carbonyl (C=O) groups excluding carboxylic acids is 2. The minimum absolute atomic E-state index is 0.0140. The summed E-state index contributed by atoms with van der Waals surface area (Å²) in [6.07, 6.45) is 1.07. The molecule has 1 unspecified atom stereocenters. The van der Waals surface area contributed by atoms with Gasteiger partial charge in [-0.2, -0.15) is 0 Å². The van der Waals surface area contributed by atoms with E-state index in [1.54, 1.807) is 4.90 Å². The first-order valence-corrected chi connectivity index (χ1v) is 11.0. The van der Waals surface area contributed by atoms with Crippen molar-refractivity contribution in [3.8, 4) is 11.5 Å². The third-order valence-electron chi connectivity index (χ3n) is 6.77. The summed E-state index contributed by atoms with van der Waals surface area (Å²) in [5.41, 5.74) is 1.38. The molecular formula is C26H25N3O4. The van der Waals surface area contributed by atoms with Gasteiger partial charge in [0, 0.05) is 18.8 Å². The van der Waals surface area contributed by atoms with Crippen molar-refractivity contribution in [3.05, 3.63) is 84.4 Å². The number of benzene rings is 3. The molecule has 168 valence electrons. The highest BCUT2D eigenvalue weighted by Gasteiger charge is 2.62. The second-order valence-electron chi connectivity index (χ2n) is 8.57. The Morgan fingerprint density at radius 1 is 0.848 bits per heavy atom. The second kappa shape index (κ2) is 8.16. The highest BCUT2D eigenvalue weighted by atomic mass is 16.3. The van der Waals surface area contributed by atoms with Crippen LogP contribution in [0, 0.1) is 5.41 Å². The molecule has 2 saturated heterocycles. The number of hydrogen-bond donors (Lipinski definition) is 3. The number of phenols is 2. The zero-order valence-electron chi connectivity index (χ0n) is 18.0. The fraction of sp³-hybridized carbons (Fsp3) is 0.231. The van der Waals surface area contributed by atoms with E-state index in [1.165, 1.54) is 18.2 Å². The average Bonchev–Trinajstić information content (AvgIpc) is 2.85. The van der Waals surface area contributed by atoms with Crippen molar-refractivity contribution in [2.75, 3.05) is 23.3 Å². The topological polar surface area (TPSA) is 93.1 Å². The number of piperidine rings is 1. The van der Waals surface area contributed by atoms with Gasteiger partial charge < -0.3 is 25.3 Å². The smallest absolute Gasteiger partial charge is 0.322 e. The number of urea groups is 1. The van der Waals surface area contributed by atoms with E-state index < -0.39 is 11.4 Å². The molecule has 2 aliphatic heterocycles. The molecule has 3 N–H and O–H groups in total. The summed E-state index contributed by atoms with van der Waals surface area (Å²) >= 11 is 0. The lowest BCUT2D eigenvalue weighted by atomic mass is 9.62. The van der Waals surface area contributed by atoms with E-state index in [1.807, 2.05) is 53.4 Å². The Labute approximate surface area is 191 Å². The Hall–Kier alpha value is -4.00. The third-order valence-corrected chi connectivity index (χ3v) is 6.77. The zero-order valence-corrected chi connectivity index (χ0v) is 18.0. The third kappa shape index (κ3) is 3.46. The van der Waals surface area contributed by atoms with Crippen molar-refractivity contribution in [1.29, 1.82) is 0 Å². The van der Waals surface area contributed by atoms with Gasteiger partial charge in [-0.3, -0.25) is 4.79 Å². The molecule has 3 amide bonds. The van der Waals surface area contributed by atoms with Crippen LogP contribution < -0.4 is 10.2 Å². The number of aromatic hydroxyl groups is 2. The normalized spacial score (nSPS) is 19.3. The number of carbonyl (C=O) groups is 2. The van der Waals surface area contributed by atoms with E-state index in [2.05, 4.69) is 17.4 Å². The maximum absolute atomic E-state index is 13.5. The number of likely N-dealkylation sites (tertiary alicyclic amines) is 1. The first-order valence-electron chi connectivity index (χ1n) is 11.0. The van der Waals surface area contributed by atoms with Gasteiger partial charge in [0.25, 0.3) is 0 Å². The summed E-state index contributed by atoms with van der Waals surface area (Å²) in [5.74, 6) is -0.316. The number of rotatable bonds is 3. The summed E-state index contributed by atoms with van der Waals surface area (Å²) in [6.45, 7) is 0.801. The Balaban J connectivity index is 1.36. The summed E-state index contributed by atoms with van der Waals surface area (Å²) in [5, 5.41) is 22.5. The molecule has 0 radical (unpaired) electrons. The van der Waals surface area contributed by atoms with Crippen molar-refractivity contribution in [2.45, 2.75) is 18.9 Å². The number of phenolic OH excluding ortho intramolecular Hbond substituents is 2. The zero-order chi connectivity index (χ0) is 23.0. The largest absolute Gasteiger partial charge is 0.506 e. The molecule has 33 heavy (non-hydrogen) atoms. The minimum Gasteiger partial charge on any atom is -0.506 e. The predicted molar refractivity (Wildman–Crippen MR) is 125 cm³/mol. The van der Waals surface area contributed by atoms with Gasteiger partial charge in [0.15, 0.2) is 0 Å².